The highest BCUT2D eigenvalue weighted by atomic mass is 35.5. The lowest BCUT2D eigenvalue weighted by Gasteiger charge is -2.20. The summed E-state index contributed by atoms with van der Waals surface area (Å²) in [4.78, 5) is 16.7. The van der Waals surface area contributed by atoms with Gasteiger partial charge in [-0.1, -0.05) is 59.6 Å². The Morgan fingerprint density at radius 2 is 1.76 bits per heavy atom. The molecule has 3 aromatic rings. The molecular formula is C21H19ClN2O. The van der Waals surface area contributed by atoms with Crippen LogP contribution in [0.1, 0.15) is 28.3 Å². The Bertz CT molecular complexity index is 830. The summed E-state index contributed by atoms with van der Waals surface area (Å²) in [6.07, 6.45) is 3.82. The van der Waals surface area contributed by atoms with Gasteiger partial charge in [-0.05, 0) is 41.8 Å². The third kappa shape index (κ3) is 4.68. The van der Waals surface area contributed by atoms with Gasteiger partial charge in [0.1, 0.15) is 0 Å². The molecule has 1 aromatic heterocycles. The van der Waals surface area contributed by atoms with Gasteiger partial charge in [0, 0.05) is 17.4 Å². The molecule has 1 amide bonds. The van der Waals surface area contributed by atoms with Crippen LogP contribution >= 0.6 is 11.6 Å². The number of pyridine rings is 1. The van der Waals surface area contributed by atoms with Crippen molar-refractivity contribution < 1.29 is 4.79 Å². The Balaban J connectivity index is 1.81. The molecule has 2 aromatic carbocycles. The zero-order valence-electron chi connectivity index (χ0n) is 13.9. The third-order valence-electron chi connectivity index (χ3n) is 4.01. The fourth-order valence-electron chi connectivity index (χ4n) is 2.66. The SMILES string of the molecule is Cc1ccc([C@H](NC(=O)Cc2ccc(Cl)cc2)c2cccnc2)cc1. The summed E-state index contributed by atoms with van der Waals surface area (Å²) < 4.78 is 0. The molecule has 0 aliphatic carbocycles. The number of carbonyl (C=O) groups is 1. The molecule has 126 valence electrons. The first-order chi connectivity index (χ1) is 12.1. The second-order valence-electron chi connectivity index (χ2n) is 6.00. The highest BCUT2D eigenvalue weighted by molar-refractivity contribution is 6.30. The zero-order chi connectivity index (χ0) is 17.6. The highest BCUT2D eigenvalue weighted by Crippen LogP contribution is 2.22. The molecule has 1 atom stereocenters. The first-order valence-corrected chi connectivity index (χ1v) is 8.50. The Morgan fingerprint density at radius 1 is 1.04 bits per heavy atom. The first-order valence-electron chi connectivity index (χ1n) is 8.12. The maximum Gasteiger partial charge on any atom is 0.225 e. The molecule has 0 bridgehead atoms. The van der Waals surface area contributed by atoms with Gasteiger partial charge in [-0.15, -0.1) is 0 Å². The quantitative estimate of drug-likeness (QED) is 0.736. The predicted octanol–water partition coefficient (Wildman–Crippen LogP) is 4.49. The van der Waals surface area contributed by atoms with Crippen molar-refractivity contribution in [2.75, 3.05) is 0 Å². The van der Waals surface area contributed by atoms with Gasteiger partial charge < -0.3 is 5.32 Å². The smallest absolute Gasteiger partial charge is 0.225 e. The van der Waals surface area contributed by atoms with Gasteiger partial charge in [0.15, 0.2) is 0 Å². The maximum atomic E-state index is 12.6. The summed E-state index contributed by atoms with van der Waals surface area (Å²) in [5.74, 6) is -0.0447. The lowest BCUT2D eigenvalue weighted by atomic mass is 9.98. The van der Waals surface area contributed by atoms with Crippen molar-refractivity contribution in [1.82, 2.24) is 10.3 Å². The molecule has 0 radical (unpaired) electrons. The van der Waals surface area contributed by atoms with Crippen LogP contribution in [-0.4, -0.2) is 10.9 Å². The van der Waals surface area contributed by atoms with Crippen molar-refractivity contribution in [2.24, 2.45) is 0 Å². The van der Waals surface area contributed by atoms with Crippen molar-refractivity contribution in [3.8, 4) is 0 Å². The number of nitrogens with zero attached hydrogens (tertiary/aromatic N) is 1. The van der Waals surface area contributed by atoms with E-state index in [4.69, 9.17) is 11.6 Å². The first kappa shape index (κ1) is 17.2. The minimum absolute atomic E-state index is 0.0447. The van der Waals surface area contributed by atoms with E-state index in [1.807, 2.05) is 55.5 Å². The van der Waals surface area contributed by atoms with Crippen LogP contribution in [0, 0.1) is 6.92 Å². The molecule has 0 unspecified atom stereocenters. The monoisotopic (exact) mass is 350 g/mol. The van der Waals surface area contributed by atoms with Crippen LogP contribution in [0.15, 0.2) is 73.1 Å². The van der Waals surface area contributed by atoms with E-state index in [0.29, 0.717) is 11.4 Å². The molecule has 0 fully saturated rings. The minimum Gasteiger partial charge on any atom is -0.345 e. The van der Waals surface area contributed by atoms with Gasteiger partial charge in [0.2, 0.25) is 5.91 Å². The van der Waals surface area contributed by atoms with E-state index < -0.39 is 0 Å². The second-order valence-corrected chi connectivity index (χ2v) is 6.44. The maximum absolute atomic E-state index is 12.6. The number of benzene rings is 2. The molecule has 0 spiro atoms. The topological polar surface area (TPSA) is 42.0 Å². The molecule has 0 aliphatic rings. The van der Waals surface area contributed by atoms with E-state index in [9.17, 15) is 4.79 Å². The van der Waals surface area contributed by atoms with Crippen LogP contribution < -0.4 is 5.32 Å². The Labute approximate surface area is 152 Å². The summed E-state index contributed by atoms with van der Waals surface area (Å²) in [5.41, 5.74) is 4.09. The van der Waals surface area contributed by atoms with Crippen molar-refractivity contribution in [3.05, 3.63) is 100 Å². The number of rotatable bonds is 5. The number of halogens is 1. The van der Waals surface area contributed by atoms with E-state index in [1.165, 1.54) is 5.56 Å². The van der Waals surface area contributed by atoms with Crippen molar-refractivity contribution in [2.45, 2.75) is 19.4 Å². The molecule has 1 heterocycles. The molecule has 25 heavy (non-hydrogen) atoms. The van der Waals surface area contributed by atoms with Gasteiger partial charge in [-0.3, -0.25) is 9.78 Å². The average molecular weight is 351 g/mol. The number of amides is 1. The summed E-state index contributed by atoms with van der Waals surface area (Å²) in [6.45, 7) is 2.04. The number of carbonyl (C=O) groups excluding carboxylic acids is 1. The Hall–Kier alpha value is -2.65. The Morgan fingerprint density at radius 3 is 2.40 bits per heavy atom. The number of hydrogen-bond donors (Lipinski definition) is 1. The number of hydrogen-bond acceptors (Lipinski definition) is 2. The second kappa shape index (κ2) is 7.95. The minimum atomic E-state index is -0.228. The van der Waals surface area contributed by atoms with E-state index >= 15 is 0 Å². The molecular weight excluding hydrogens is 332 g/mol. The zero-order valence-corrected chi connectivity index (χ0v) is 14.7. The van der Waals surface area contributed by atoms with Crippen molar-refractivity contribution in [3.63, 3.8) is 0 Å². The van der Waals surface area contributed by atoms with Gasteiger partial charge >= 0.3 is 0 Å². The normalized spacial score (nSPS) is 11.8. The lowest BCUT2D eigenvalue weighted by molar-refractivity contribution is -0.120. The van der Waals surface area contributed by atoms with E-state index in [1.54, 1.807) is 24.5 Å². The largest absolute Gasteiger partial charge is 0.345 e. The summed E-state index contributed by atoms with van der Waals surface area (Å²) in [7, 11) is 0. The molecule has 3 nitrogen and oxygen atoms in total. The summed E-state index contributed by atoms with van der Waals surface area (Å²) >= 11 is 5.90. The van der Waals surface area contributed by atoms with Crippen molar-refractivity contribution in [1.29, 1.82) is 0 Å². The van der Waals surface area contributed by atoms with Crippen LogP contribution in [0.3, 0.4) is 0 Å². The lowest BCUT2D eigenvalue weighted by Crippen LogP contribution is -2.30. The van der Waals surface area contributed by atoms with E-state index in [0.717, 1.165) is 16.7 Å². The Kier molecular flexibility index (Phi) is 5.46. The van der Waals surface area contributed by atoms with Gasteiger partial charge in [-0.25, -0.2) is 0 Å². The fraction of sp³-hybridized carbons (Fsp3) is 0.143. The van der Waals surface area contributed by atoms with Crippen LogP contribution in [0.2, 0.25) is 5.02 Å². The molecule has 1 N–H and O–H groups in total. The summed E-state index contributed by atoms with van der Waals surface area (Å²) in [6, 6.07) is 19.1. The van der Waals surface area contributed by atoms with Crippen LogP contribution in [0.25, 0.3) is 0 Å². The number of aryl methyl sites for hydroxylation is 1. The molecule has 3 rings (SSSR count). The van der Waals surface area contributed by atoms with Gasteiger partial charge in [0.25, 0.3) is 0 Å². The molecule has 0 aliphatic heterocycles. The number of aromatic nitrogens is 1. The number of nitrogens with one attached hydrogen (secondary N) is 1. The van der Waals surface area contributed by atoms with E-state index in [-0.39, 0.29) is 11.9 Å². The molecule has 0 saturated carbocycles. The van der Waals surface area contributed by atoms with Crippen LogP contribution in [-0.2, 0) is 11.2 Å². The third-order valence-corrected chi connectivity index (χ3v) is 4.26. The molecule has 4 heteroatoms. The van der Waals surface area contributed by atoms with Crippen LogP contribution in [0.5, 0.6) is 0 Å². The average Bonchev–Trinajstić information content (AvgIpc) is 2.63. The molecule has 0 saturated heterocycles. The van der Waals surface area contributed by atoms with E-state index in [2.05, 4.69) is 10.3 Å². The summed E-state index contributed by atoms with van der Waals surface area (Å²) in [5, 5.41) is 3.78. The highest BCUT2D eigenvalue weighted by Gasteiger charge is 2.17. The standard InChI is InChI=1S/C21H19ClN2O/c1-15-4-8-17(9-5-15)21(18-3-2-12-23-14-18)24-20(25)13-16-6-10-19(22)11-7-16/h2-12,14,21H,13H2,1H3,(H,24,25)/t21-/m0/s1. The van der Waals surface area contributed by atoms with Crippen molar-refractivity contribution >= 4 is 17.5 Å². The predicted molar refractivity (Wildman–Crippen MR) is 101 cm³/mol. The fourth-order valence-corrected chi connectivity index (χ4v) is 2.79. The van der Waals surface area contributed by atoms with Gasteiger partial charge in [-0.2, -0.15) is 0 Å². The van der Waals surface area contributed by atoms with Crippen LogP contribution in [0.4, 0.5) is 0 Å². The van der Waals surface area contributed by atoms with Gasteiger partial charge in [0.05, 0.1) is 12.5 Å².